The maximum atomic E-state index is 6.81. The summed E-state index contributed by atoms with van der Waals surface area (Å²) in [6, 6.07) is 26.4. The van der Waals surface area contributed by atoms with Crippen molar-refractivity contribution in [1.82, 2.24) is 5.01 Å². The summed E-state index contributed by atoms with van der Waals surface area (Å²) >= 11 is 3.67. The molecule has 1 fully saturated rings. The molecule has 3 aliphatic rings. The molecule has 1 unspecified atom stereocenters. The van der Waals surface area contributed by atoms with Crippen LogP contribution in [0, 0.1) is 6.92 Å². The van der Waals surface area contributed by atoms with Gasteiger partial charge in [0.2, 0.25) is 0 Å². The Labute approximate surface area is 198 Å². The number of hydrogen-bond donors (Lipinski definition) is 0. The van der Waals surface area contributed by atoms with Crippen LogP contribution >= 0.6 is 15.9 Å². The summed E-state index contributed by atoms with van der Waals surface area (Å²) in [5.41, 5.74) is 5.98. The first-order valence-electron chi connectivity index (χ1n) is 11.6. The van der Waals surface area contributed by atoms with Crippen LogP contribution in [0.2, 0.25) is 0 Å². The van der Waals surface area contributed by atoms with E-state index in [-0.39, 0.29) is 11.8 Å². The zero-order chi connectivity index (χ0) is 21.7. The SMILES string of the molecule is Cc1ccc(C2=NN3C(C2)c2cc(Br)ccc2OC32CCC(c3ccccc3)CC2)cc1. The standard InChI is InChI=1S/C28H27BrN2O/c1-19-7-9-22(10-8-19)25-18-26-24-17-23(29)11-12-27(24)32-28(31(26)30-25)15-13-21(14-16-28)20-5-3-2-4-6-20/h2-12,17,21,26H,13-16,18H2,1H3. The first-order chi connectivity index (χ1) is 15.6. The van der Waals surface area contributed by atoms with Gasteiger partial charge in [-0.3, -0.25) is 0 Å². The summed E-state index contributed by atoms with van der Waals surface area (Å²) in [5, 5.41) is 7.54. The highest BCUT2D eigenvalue weighted by molar-refractivity contribution is 9.10. The molecule has 6 rings (SSSR count). The molecule has 3 aromatic rings. The third-order valence-corrected chi connectivity index (χ3v) is 7.87. The molecule has 3 nitrogen and oxygen atoms in total. The van der Waals surface area contributed by atoms with E-state index in [9.17, 15) is 0 Å². The lowest BCUT2D eigenvalue weighted by atomic mass is 9.78. The molecule has 1 spiro atoms. The van der Waals surface area contributed by atoms with E-state index in [2.05, 4.69) is 101 Å². The molecule has 4 heteroatoms. The van der Waals surface area contributed by atoms with Crippen LogP contribution in [0.4, 0.5) is 0 Å². The van der Waals surface area contributed by atoms with Crippen LogP contribution in [0.3, 0.4) is 0 Å². The van der Waals surface area contributed by atoms with Crippen molar-refractivity contribution in [3.8, 4) is 5.75 Å². The first-order valence-corrected chi connectivity index (χ1v) is 12.4. The number of ether oxygens (including phenoxy) is 1. The van der Waals surface area contributed by atoms with E-state index in [1.165, 1.54) is 22.3 Å². The van der Waals surface area contributed by atoms with Crippen molar-refractivity contribution in [3.63, 3.8) is 0 Å². The molecule has 2 heterocycles. The summed E-state index contributed by atoms with van der Waals surface area (Å²) < 4.78 is 7.90. The summed E-state index contributed by atoms with van der Waals surface area (Å²) in [6.07, 6.45) is 5.13. The van der Waals surface area contributed by atoms with Crippen LogP contribution in [0.25, 0.3) is 0 Å². The maximum absolute atomic E-state index is 6.81. The molecule has 0 saturated heterocycles. The smallest absolute Gasteiger partial charge is 0.198 e. The molecule has 3 aromatic carbocycles. The molecule has 2 aliphatic heterocycles. The molecule has 1 aliphatic carbocycles. The van der Waals surface area contributed by atoms with Gasteiger partial charge in [-0.1, -0.05) is 76.1 Å². The number of hydrogen-bond acceptors (Lipinski definition) is 3. The van der Waals surface area contributed by atoms with E-state index < -0.39 is 0 Å². The number of aryl methyl sites for hydroxylation is 1. The Kier molecular flexibility index (Phi) is 4.87. The van der Waals surface area contributed by atoms with E-state index >= 15 is 0 Å². The fourth-order valence-corrected chi connectivity index (χ4v) is 6.01. The van der Waals surface area contributed by atoms with Gasteiger partial charge in [0.25, 0.3) is 0 Å². The third-order valence-electron chi connectivity index (χ3n) is 7.38. The van der Waals surface area contributed by atoms with Gasteiger partial charge in [0.15, 0.2) is 5.72 Å². The summed E-state index contributed by atoms with van der Waals surface area (Å²) in [7, 11) is 0. The van der Waals surface area contributed by atoms with Gasteiger partial charge in [-0.25, -0.2) is 5.01 Å². The summed E-state index contributed by atoms with van der Waals surface area (Å²) in [6.45, 7) is 2.13. The third kappa shape index (κ3) is 3.36. The van der Waals surface area contributed by atoms with Crippen molar-refractivity contribution in [2.45, 2.75) is 56.7 Å². The predicted octanol–water partition coefficient (Wildman–Crippen LogP) is 7.36. The van der Waals surface area contributed by atoms with Gasteiger partial charge in [0.05, 0.1) is 11.8 Å². The second kappa shape index (κ2) is 7.77. The molecule has 32 heavy (non-hydrogen) atoms. The van der Waals surface area contributed by atoms with Gasteiger partial charge in [-0.2, -0.15) is 5.10 Å². The number of rotatable bonds is 2. The average molecular weight is 487 g/mol. The lowest BCUT2D eigenvalue weighted by Gasteiger charge is -2.50. The Bertz CT molecular complexity index is 1160. The molecule has 0 N–H and O–H groups in total. The van der Waals surface area contributed by atoms with Gasteiger partial charge in [-0.05, 0) is 55.0 Å². The maximum Gasteiger partial charge on any atom is 0.198 e. The second-order valence-electron chi connectivity index (χ2n) is 9.39. The molecule has 0 amide bonds. The van der Waals surface area contributed by atoms with E-state index in [0.29, 0.717) is 5.92 Å². The highest BCUT2D eigenvalue weighted by Crippen LogP contribution is 2.53. The Morgan fingerprint density at radius 2 is 1.72 bits per heavy atom. The summed E-state index contributed by atoms with van der Waals surface area (Å²) in [5.74, 6) is 1.62. The topological polar surface area (TPSA) is 24.8 Å². The van der Waals surface area contributed by atoms with Crippen molar-refractivity contribution in [1.29, 1.82) is 0 Å². The number of benzene rings is 3. The fraction of sp³-hybridized carbons (Fsp3) is 0.321. The van der Waals surface area contributed by atoms with Crippen LogP contribution in [0.5, 0.6) is 5.75 Å². The number of hydrazone groups is 1. The monoisotopic (exact) mass is 486 g/mol. The van der Waals surface area contributed by atoms with Crippen LogP contribution in [0.1, 0.15) is 66.3 Å². The molecule has 0 radical (unpaired) electrons. The minimum atomic E-state index is -0.358. The lowest BCUT2D eigenvalue weighted by Crippen LogP contribution is -2.55. The largest absolute Gasteiger partial charge is 0.466 e. The van der Waals surface area contributed by atoms with Gasteiger partial charge < -0.3 is 4.74 Å². The number of nitrogens with zero attached hydrogens (tertiary/aromatic N) is 2. The Hall–Kier alpha value is -2.59. The minimum Gasteiger partial charge on any atom is -0.466 e. The molecular weight excluding hydrogens is 460 g/mol. The van der Waals surface area contributed by atoms with E-state index in [1.54, 1.807) is 0 Å². The number of fused-ring (bicyclic) bond motifs is 4. The molecule has 0 bridgehead atoms. The van der Waals surface area contributed by atoms with E-state index in [0.717, 1.165) is 48.0 Å². The van der Waals surface area contributed by atoms with E-state index in [4.69, 9.17) is 9.84 Å². The summed E-state index contributed by atoms with van der Waals surface area (Å²) in [4.78, 5) is 0. The normalized spacial score (nSPS) is 26.3. The zero-order valence-electron chi connectivity index (χ0n) is 18.3. The molecule has 1 saturated carbocycles. The number of halogens is 1. The molecular formula is C28H27BrN2O. The second-order valence-corrected chi connectivity index (χ2v) is 10.3. The van der Waals surface area contributed by atoms with Crippen LogP contribution in [0.15, 0.2) is 82.4 Å². The van der Waals surface area contributed by atoms with Gasteiger partial charge in [0.1, 0.15) is 5.75 Å². The first kappa shape index (κ1) is 20.0. The molecule has 1 atom stereocenters. The van der Waals surface area contributed by atoms with Gasteiger partial charge in [0, 0.05) is 29.3 Å². The highest BCUT2D eigenvalue weighted by atomic mass is 79.9. The quantitative estimate of drug-likeness (QED) is 0.378. The fourth-order valence-electron chi connectivity index (χ4n) is 5.63. The minimum absolute atomic E-state index is 0.223. The van der Waals surface area contributed by atoms with Gasteiger partial charge in [-0.15, -0.1) is 0 Å². The predicted molar refractivity (Wildman–Crippen MR) is 132 cm³/mol. The lowest BCUT2D eigenvalue weighted by molar-refractivity contribution is -0.142. The van der Waals surface area contributed by atoms with Crippen LogP contribution in [-0.4, -0.2) is 16.4 Å². The van der Waals surface area contributed by atoms with E-state index in [1.807, 2.05) is 0 Å². The van der Waals surface area contributed by atoms with Crippen molar-refractivity contribution in [2.24, 2.45) is 5.10 Å². The Balaban J connectivity index is 1.36. The molecule has 162 valence electrons. The molecule has 0 aromatic heterocycles. The van der Waals surface area contributed by atoms with Crippen molar-refractivity contribution in [3.05, 3.63) is 99.5 Å². The van der Waals surface area contributed by atoms with Crippen LogP contribution < -0.4 is 4.74 Å². The van der Waals surface area contributed by atoms with Gasteiger partial charge >= 0.3 is 0 Å². The van der Waals surface area contributed by atoms with Crippen molar-refractivity contribution >= 4 is 21.6 Å². The zero-order valence-corrected chi connectivity index (χ0v) is 19.9. The van der Waals surface area contributed by atoms with Crippen LogP contribution in [-0.2, 0) is 0 Å². The Morgan fingerprint density at radius 3 is 2.47 bits per heavy atom. The highest BCUT2D eigenvalue weighted by Gasteiger charge is 2.52. The van der Waals surface area contributed by atoms with Crippen molar-refractivity contribution < 1.29 is 4.74 Å². The van der Waals surface area contributed by atoms with Crippen molar-refractivity contribution in [2.75, 3.05) is 0 Å². The average Bonchev–Trinajstić information content (AvgIpc) is 3.28. The Morgan fingerprint density at radius 1 is 0.969 bits per heavy atom.